The molecule has 1 heterocycles. The number of hydrogen-bond donors (Lipinski definition) is 2. The van der Waals surface area contributed by atoms with Gasteiger partial charge in [-0.05, 0) is 36.8 Å². The SMILES string of the molecule is O=S(=O)(CC1CC1)NCCC1CNc2ccccc21. The van der Waals surface area contributed by atoms with Crippen LogP contribution in [0.2, 0.25) is 0 Å². The van der Waals surface area contributed by atoms with Crippen LogP contribution in [0.4, 0.5) is 5.69 Å². The zero-order valence-corrected chi connectivity index (χ0v) is 11.7. The summed E-state index contributed by atoms with van der Waals surface area (Å²) in [6.07, 6.45) is 3.00. The normalized spacial score (nSPS) is 22.0. The molecule has 1 unspecified atom stereocenters. The first kappa shape index (κ1) is 12.9. The molecule has 1 fully saturated rings. The zero-order valence-electron chi connectivity index (χ0n) is 10.9. The maximum absolute atomic E-state index is 11.8. The van der Waals surface area contributed by atoms with E-state index in [0.717, 1.165) is 25.8 Å². The second-order valence-electron chi connectivity index (χ2n) is 5.57. The third kappa shape index (κ3) is 3.28. The molecule has 4 nitrogen and oxygen atoms in total. The van der Waals surface area contributed by atoms with E-state index in [1.807, 2.05) is 12.1 Å². The van der Waals surface area contributed by atoms with Gasteiger partial charge in [-0.2, -0.15) is 0 Å². The zero-order chi connectivity index (χ0) is 13.3. The molecule has 1 aromatic rings. The number of rotatable bonds is 6. The standard InChI is InChI=1S/C14H20N2O2S/c17-19(18,10-11-5-6-11)16-8-7-12-9-15-14-4-2-1-3-13(12)14/h1-4,11-12,15-16H,5-10H2. The summed E-state index contributed by atoms with van der Waals surface area (Å²) in [5, 5.41) is 3.36. The Morgan fingerprint density at radius 2 is 2.05 bits per heavy atom. The van der Waals surface area contributed by atoms with E-state index in [4.69, 9.17) is 0 Å². The van der Waals surface area contributed by atoms with Crippen molar-refractivity contribution in [2.75, 3.05) is 24.2 Å². The van der Waals surface area contributed by atoms with Crippen LogP contribution in [0.5, 0.6) is 0 Å². The lowest BCUT2D eigenvalue weighted by Crippen LogP contribution is -2.29. The van der Waals surface area contributed by atoms with Gasteiger partial charge in [0, 0.05) is 24.7 Å². The molecular formula is C14H20N2O2S. The maximum Gasteiger partial charge on any atom is 0.211 e. The molecule has 104 valence electrons. The van der Waals surface area contributed by atoms with E-state index < -0.39 is 10.0 Å². The fraction of sp³-hybridized carbons (Fsp3) is 0.571. The summed E-state index contributed by atoms with van der Waals surface area (Å²) in [7, 11) is -3.06. The second kappa shape index (κ2) is 5.13. The van der Waals surface area contributed by atoms with Crippen molar-refractivity contribution < 1.29 is 8.42 Å². The van der Waals surface area contributed by atoms with Crippen LogP contribution in [0.1, 0.15) is 30.7 Å². The molecule has 0 bridgehead atoms. The molecule has 1 aromatic carbocycles. The third-order valence-electron chi connectivity index (χ3n) is 3.91. The molecule has 2 aliphatic rings. The Hall–Kier alpha value is -1.07. The van der Waals surface area contributed by atoms with E-state index in [1.165, 1.54) is 11.3 Å². The Morgan fingerprint density at radius 1 is 1.26 bits per heavy atom. The van der Waals surface area contributed by atoms with Gasteiger partial charge in [-0.25, -0.2) is 13.1 Å². The van der Waals surface area contributed by atoms with Crippen molar-refractivity contribution in [2.24, 2.45) is 5.92 Å². The molecule has 19 heavy (non-hydrogen) atoms. The van der Waals surface area contributed by atoms with Gasteiger partial charge >= 0.3 is 0 Å². The smallest absolute Gasteiger partial charge is 0.211 e. The van der Waals surface area contributed by atoms with Crippen LogP contribution in [0.25, 0.3) is 0 Å². The first-order chi connectivity index (χ1) is 9.14. The van der Waals surface area contributed by atoms with E-state index in [9.17, 15) is 8.42 Å². The van der Waals surface area contributed by atoms with Gasteiger partial charge in [0.2, 0.25) is 10.0 Å². The van der Waals surface area contributed by atoms with Crippen LogP contribution in [-0.4, -0.2) is 27.3 Å². The Labute approximate surface area is 114 Å². The fourth-order valence-corrected chi connectivity index (χ4v) is 4.16. The summed E-state index contributed by atoms with van der Waals surface area (Å²) in [4.78, 5) is 0. The van der Waals surface area contributed by atoms with Gasteiger partial charge < -0.3 is 5.32 Å². The van der Waals surface area contributed by atoms with Gasteiger partial charge in [-0.15, -0.1) is 0 Å². The molecule has 5 heteroatoms. The molecule has 1 aliphatic carbocycles. The number of nitrogens with one attached hydrogen (secondary N) is 2. The Kier molecular flexibility index (Phi) is 3.50. The first-order valence-electron chi connectivity index (χ1n) is 6.94. The highest BCUT2D eigenvalue weighted by atomic mass is 32.2. The first-order valence-corrected chi connectivity index (χ1v) is 8.59. The molecule has 0 amide bonds. The monoisotopic (exact) mass is 280 g/mol. The summed E-state index contributed by atoms with van der Waals surface area (Å²) < 4.78 is 26.3. The minimum absolute atomic E-state index is 0.312. The van der Waals surface area contributed by atoms with Crippen LogP contribution in [-0.2, 0) is 10.0 Å². The lowest BCUT2D eigenvalue weighted by Gasteiger charge is -2.11. The van der Waals surface area contributed by atoms with Crippen molar-refractivity contribution in [2.45, 2.75) is 25.2 Å². The van der Waals surface area contributed by atoms with Crippen molar-refractivity contribution in [3.8, 4) is 0 Å². The van der Waals surface area contributed by atoms with E-state index in [-0.39, 0.29) is 0 Å². The van der Waals surface area contributed by atoms with Crippen molar-refractivity contribution in [3.63, 3.8) is 0 Å². The minimum Gasteiger partial charge on any atom is -0.384 e. The van der Waals surface area contributed by atoms with Crippen LogP contribution < -0.4 is 10.0 Å². The minimum atomic E-state index is -3.06. The summed E-state index contributed by atoms with van der Waals surface area (Å²) in [5.74, 6) is 1.14. The average molecular weight is 280 g/mol. The van der Waals surface area contributed by atoms with E-state index in [1.54, 1.807) is 0 Å². The number of benzene rings is 1. The van der Waals surface area contributed by atoms with Crippen molar-refractivity contribution >= 4 is 15.7 Å². The van der Waals surface area contributed by atoms with Crippen LogP contribution in [0, 0.1) is 5.92 Å². The molecule has 2 N–H and O–H groups in total. The van der Waals surface area contributed by atoms with Crippen LogP contribution >= 0.6 is 0 Å². The molecule has 1 atom stereocenters. The largest absolute Gasteiger partial charge is 0.384 e. The summed E-state index contributed by atoms with van der Waals surface area (Å²) in [5.41, 5.74) is 2.50. The number of anilines is 1. The van der Waals surface area contributed by atoms with Gasteiger partial charge in [-0.1, -0.05) is 18.2 Å². The van der Waals surface area contributed by atoms with E-state index in [0.29, 0.717) is 24.1 Å². The number of para-hydroxylation sites is 1. The predicted octanol–water partition coefficient (Wildman–Crippen LogP) is 1.92. The highest BCUT2D eigenvalue weighted by Gasteiger charge is 2.28. The van der Waals surface area contributed by atoms with Gasteiger partial charge in [0.15, 0.2) is 0 Å². The van der Waals surface area contributed by atoms with Crippen molar-refractivity contribution in [1.82, 2.24) is 4.72 Å². The Balaban J connectivity index is 1.51. The molecule has 0 saturated heterocycles. The molecule has 0 radical (unpaired) electrons. The highest BCUT2D eigenvalue weighted by Crippen LogP contribution is 2.33. The summed E-state index contributed by atoms with van der Waals surface area (Å²) in [6.45, 7) is 1.44. The molecule has 0 spiro atoms. The highest BCUT2D eigenvalue weighted by molar-refractivity contribution is 7.89. The summed E-state index contributed by atoms with van der Waals surface area (Å²) in [6, 6.07) is 8.26. The van der Waals surface area contributed by atoms with Gasteiger partial charge in [0.05, 0.1) is 5.75 Å². The van der Waals surface area contributed by atoms with Gasteiger partial charge in [0.25, 0.3) is 0 Å². The van der Waals surface area contributed by atoms with Crippen LogP contribution in [0.15, 0.2) is 24.3 Å². The number of hydrogen-bond acceptors (Lipinski definition) is 3. The van der Waals surface area contributed by atoms with Crippen LogP contribution in [0.3, 0.4) is 0 Å². The Bertz CT molecular complexity index is 552. The maximum atomic E-state index is 11.8. The quantitative estimate of drug-likeness (QED) is 0.837. The average Bonchev–Trinajstić information content (AvgIpc) is 3.07. The third-order valence-corrected chi connectivity index (χ3v) is 5.46. The second-order valence-corrected chi connectivity index (χ2v) is 7.42. The van der Waals surface area contributed by atoms with Crippen molar-refractivity contribution in [3.05, 3.63) is 29.8 Å². The molecular weight excluding hydrogens is 260 g/mol. The molecule has 3 rings (SSSR count). The van der Waals surface area contributed by atoms with E-state index >= 15 is 0 Å². The lowest BCUT2D eigenvalue weighted by atomic mass is 9.98. The number of fused-ring (bicyclic) bond motifs is 1. The van der Waals surface area contributed by atoms with Crippen molar-refractivity contribution in [1.29, 1.82) is 0 Å². The summed E-state index contributed by atoms with van der Waals surface area (Å²) >= 11 is 0. The topological polar surface area (TPSA) is 58.2 Å². The molecule has 1 aliphatic heterocycles. The van der Waals surface area contributed by atoms with Gasteiger partial charge in [0.1, 0.15) is 0 Å². The Morgan fingerprint density at radius 3 is 2.84 bits per heavy atom. The fourth-order valence-electron chi connectivity index (χ4n) is 2.66. The lowest BCUT2D eigenvalue weighted by molar-refractivity contribution is 0.569. The van der Waals surface area contributed by atoms with Gasteiger partial charge in [-0.3, -0.25) is 0 Å². The molecule has 1 saturated carbocycles. The number of sulfonamides is 1. The predicted molar refractivity (Wildman–Crippen MR) is 76.8 cm³/mol. The van der Waals surface area contributed by atoms with E-state index in [2.05, 4.69) is 22.2 Å². The molecule has 0 aromatic heterocycles.